The fourth-order valence-electron chi connectivity index (χ4n) is 4.41. The molecule has 2 saturated heterocycles. The first-order valence-electron chi connectivity index (χ1n) is 14.3. The van der Waals surface area contributed by atoms with Crippen LogP contribution in [0.2, 0.25) is 0 Å². The molecule has 7 N–H and O–H groups in total. The van der Waals surface area contributed by atoms with Gasteiger partial charge >= 0.3 is 12.0 Å². The van der Waals surface area contributed by atoms with E-state index in [1.54, 1.807) is 29.3 Å². The van der Waals surface area contributed by atoms with Crippen LogP contribution in [-0.4, -0.2) is 76.9 Å². The average Bonchev–Trinajstić information content (AvgIpc) is 3.66. The van der Waals surface area contributed by atoms with Crippen molar-refractivity contribution in [1.82, 2.24) is 20.2 Å². The molecular formula is C28H36BrN9O6. The van der Waals surface area contributed by atoms with E-state index < -0.39 is 35.2 Å². The molecule has 1 unspecified atom stereocenters. The van der Waals surface area contributed by atoms with Crippen molar-refractivity contribution in [1.29, 1.82) is 0 Å². The lowest BCUT2D eigenvalue weighted by Gasteiger charge is -2.19. The molecule has 0 spiro atoms. The number of halogens is 1. The average molecular weight is 675 g/mol. The largest absolute Gasteiger partial charge is 0.452 e. The third-order valence-electron chi connectivity index (χ3n) is 7.14. The van der Waals surface area contributed by atoms with Crippen LogP contribution in [0.25, 0.3) is 0 Å². The predicted octanol–water partition coefficient (Wildman–Crippen LogP) is 2.68. The number of carbonyl (C=O) groups excluding carboxylic acids is 5. The molecule has 0 bridgehead atoms. The number of nitrogens with one attached hydrogen (secondary N) is 5. The first-order chi connectivity index (χ1) is 20.9. The second-order valence-corrected chi connectivity index (χ2v) is 11.8. The van der Waals surface area contributed by atoms with Crippen LogP contribution in [0.3, 0.4) is 0 Å². The number of hydrogen-bond acceptors (Lipinski definition) is 10. The minimum absolute atomic E-state index is 0.177. The van der Waals surface area contributed by atoms with Crippen LogP contribution in [0.15, 0.2) is 28.9 Å². The third kappa shape index (κ3) is 8.55. The van der Waals surface area contributed by atoms with E-state index in [9.17, 15) is 24.0 Å². The number of benzene rings is 1. The zero-order valence-electron chi connectivity index (χ0n) is 24.5. The molecule has 15 nitrogen and oxygen atoms in total. The lowest BCUT2D eigenvalue weighted by Crippen LogP contribution is -2.46. The summed E-state index contributed by atoms with van der Waals surface area (Å²) in [5.74, 6) is -1.32. The molecule has 1 aromatic heterocycles. The van der Waals surface area contributed by atoms with Gasteiger partial charge in [-0.3, -0.25) is 19.2 Å². The Kier molecular flexibility index (Phi) is 10.6. The monoisotopic (exact) mass is 673 g/mol. The van der Waals surface area contributed by atoms with Gasteiger partial charge in [-0.05, 0) is 67.2 Å². The van der Waals surface area contributed by atoms with Gasteiger partial charge in [-0.2, -0.15) is 4.98 Å². The van der Waals surface area contributed by atoms with Crippen LogP contribution >= 0.6 is 15.9 Å². The summed E-state index contributed by atoms with van der Waals surface area (Å²) in [4.78, 5) is 71.2. The SMILES string of the molecule is CC(C)(C(N)=O)C(=O)NCCCNc1nc(Nc2cc(NC(=O)C3CCC(=O)O3)cc(NC(=O)N3CCCC3)c2)ncc1Br. The number of anilines is 5. The number of carbonyl (C=O) groups is 5. The quantitative estimate of drug-likeness (QED) is 0.110. The van der Waals surface area contributed by atoms with Crippen molar-refractivity contribution in [2.24, 2.45) is 11.1 Å². The Morgan fingerprint density at radius 2 is 1.75 bits per heavy atom. The Bertz CT molecular complexity index is 1430. The Morgan fingerprint density at radius 3 is 2.41 bits per heavy atom. The molecule has 4 rings (SSSR count). The third-order valence-corrected chi connectivity index (χ3v) is 7.72. The molecule has 1 atom stereocenters. The number of hydrogen-bond donors (Lipinski definition) is 6. The Hall–Kier alpha value is -4.47. The maximum absolute atomic E-state index is 12.8. The zero-order chi connectivity index (χ0) is 31.9. The minimum Gasteiger partial charge on any atom is -0.452 e. The number of nitrogens with two attached hydrogens (primary N) is 1. The fraction of sp³-hybridized carbons (Fsp3) is 0.464. The summed E-state index contributed by atoms with van der Waals surface area (Å²) < 4.78 is 5.68. The molecule has 1 aromatic carbocycles. The summed E-state index contributed by atoms with van der Waals surface area (Å²) >= 11 is 3.42. The van der Waals surface area contributed by atoms with E-state index in [1.165, 1.54) is 13.8 Å². The van der Waals surface area contributed by atoms with E-state index in [-0.39, 0.29) is 18.4 Å². The number of amides is 5. The maximum Gasteiger partial charge on any atom is 0.321 e. The number of esters is 1. The predicted molar refractivity (Wildman–Crippen MR) is 166 cm³/mol. The molecule has 44 heavy (non-hydrogen) atoms. The summed E-state index contributed by atoms with van der Waals surface area (Å²) in [7, 11) is 0. The molecule has 2 aliphatic heterocycles. The van der Waals surface area contributed by atoms with Gasteiger partial charge in [0.1, 0.15) is 11.2 Å². The first kappa shape index (κ1) is 32.4. The number of likely N-dealkylation sites (tertiary alicyclic amines) is 1. The van der Waals surface area contributed by atoms with E-state index in [4.69, 9.17) is 10.5 Å². The number of ether oxygens (including phenoxy) is 1. The molecule has 2 fully saturated rings. The maximum atomic E-state index is 12.8. The fourth-order valence-corrected chi connectivity index (χ4v) is 4.74. The lowest BCUT2D eigenvalue weighted by molar-refractivity contribution is -0.146. The smallest absolute Gasteiger partial charge is 0.321 e. The van der Waals surface area contributed by atoms with Gasteiger partial charge in [0.15, 0.2) is 6.10 Å². The summed E-state index contributed by atoms with van der Waals surface area (Å²) in [5.41, 5.74) is 5.27. The van der Waals surface area contributed by atoms with Gasteiger partial charge in [0, 0.05) is 62.3 Å². The van der Waals surface area contributed by atoms with E-state index in [1.807, 2.05) is 0 Å². The van der Waals surface area contributed by atoms with Crippen molar-refractivity contribution in [2.45, 2.75) is 52.1 Å². The molecule has 0 radical (unpaired) electrons. The Labute approximate surface area is 262 Å². The standard InChI is InChI=1S/C28H36BrN9O6/c1-28(2,24(30)41)25(42)32-9-5-8-31-22-19(29)15-33-26(37-22)35-17-12-16(34-23(40)20-6-7-21(39)44-20)13-18(14-17)36-27(43)38-10-3-4-11-38/h12-15,20H,3-11H2,1-2H3,(H2,30,41)(H,32,42)(H,34,40)(H,36,43)(H2,31,33,35,37). The summed E-state index contributed by atoms with van der Waals surface area (Å²) in [6, 6.07) is 4.71. The summed E-state index contributed by atoms with van der Waals surface area (Å²) in [6.07, 6.45) is 3.57. The molecule has 2 aromatic rings. The van der Waals surface area contributed by atoms with Crippen LogP contribution in [0, 0.1) is 5.41 Å². The van der Waals surface area contributed by atoms with Gasteiger partial charge in [0.2, 0.25) is 17.8 Å². The summed E-state index contributed by atoms with van der Waals surface area (Å²) in [5, 5.41) is 14.6. The highest BCUT2D eigenvalue weighted by molar-refractivity contribution is 9.10. The van der Waals surface area contributed by atoms with E-state index >= 15 is 0 Å². The number of nitrogens with zero attached hydrogens (tertiary/aromatic N) is 3. The van der Waals surface area contributed by atoms with Crippen molar-refractivity contribution in [3.8, 4) is 0 Å². The highest BCUT2D eigenvalue weighted by Crippen LogP contribution is 2.28. The van der Waals surface area contributed by atoms with Crippen LogP contribution in [0.4, 0.5) is 33.6 Å². The van der Waals surface area contributed by atoms with Gasteiger partial charge in [-0.15, -0.1) is 0 Å². The van der Waals surface area contributed by atoms with Crippen LogP contribution in [0.5, 0.6) is 0 Å². The van der Waals surface area contributed by atoms with Crippen molar-refractivity contribution >= 4 is 74.5 Å². The van der Waals surface area contributed by atoms with E-state index in [2.05, 4.69) is 52.5 Å². The van der Waals surface area contributed by atoms with Gasteiger partial charge < -0.3 is 42.0 Å². The van der Waals surface area contributed by atoms with Crippen molar-refractivity contribution < 1.29 is 28.7 Å². The molecule has 0 saturated carbocycles. The van der Waals surface area contributed by atoms with Gasteiger partial charge in [-0.25, -0.2) is 9.78 Å². The highest BCUT2D eigenvalue weighted by atomic mass is 79.9. The van der Waals surface area contributed by atoms with Crippen LogP contribution in [-0.2, 0) is 23.9 Å². The number of rotatable bonds is 12. The topological polar surface area (TPSA) is 210 Å². The molecule has 16 heteroatoms. The van der Waals surface area contributed by atoms with Crippen LogP contribution in [0.1, 0.15) is 46.0 Å². The van der Waals surface area contributed by atoms with Gasteiger partial charge in [0.05, 0.1) is 4.47 Å². The second-order valence-electron chi connectivity index (χ2n) is 11.0. The molecule has 0 aliphatic carbocycles. The molecular weight excluding hydrogens is 638 g/mol. The zero-order valence-corrected chi connectivity index (χ0v) is 26.1. The van der Waals surface area contributed by atoms with E-state index in [0.29, 0.717) is 66.4 Å². The Balaban J connectivity index is 1.42. The first-order valence-corrected chi connectivity index (χ1v) is 15.0. The second kappa shape index (κ2) is 14.3. The number of urea groups is 1. The molecule has 236 valence electrons. The van der Waals surface area contributed by atoms with Crippen molar-refractivity contribution in [3.63, 3.8) is 0 Å². The number of primary amides is 1. The van der Waals surface area contributed by atoms with Crippen molar-refractivity contribution in [2.75, 3.05) is 47.4 Å². The minimum atomic E-state index is -1.30. The van der Waals surface area contributed by atoms with Gasteiger partial charge in [0.25, 0.3) is 5.91 Å². The van der Waals surface area contributed by atoms with Crippen LogP contribution < -0.4 is 32.3 Å². The molecule has 5 amide bonds. The number of cyclic esters (lactones) is 1. The molecule has 3 heterocycles. The number of aromatic nitrogens is 2. The molecule has 2 aliphatic rings. The highest BCUT2D eigenvalue weighted by Gasteiger charge is 2.33. The van der Waals surface area contributed by atoms with Gasteiger partial charge in [-0.1, -0.05) is 0 Å². The normalized spacial score (nSPS) is 16.2. The summed E-state index contributed by atoms with van der Waals surface area (Å²) in [6.45, 7) is 5.04. The van der Waals surface area contributed by atoms with E-state index in [0.717, 1.165) is 12.8 Å². The van der Waals surface area contributed by atoms with Crippen molar-refractivity contribution in [3.05, 3.63) is 28.9 Å². The Morgan fingerprint density at radius 1 is 1.07 bits per heavy atom. The lowest BCUT2D eigenvalue weighted by atomic mass is 9.91.